The topological polar surface area (TPSA) is 96.2 Å². The third-order valence-corrected chi connectivity index (χ3v) is 6.89. The van der Waals surface area contributed by atoms with Crippen LogP contribution in [0.3, 0.4) is 0 Å². The van der Waals surface area contributed by atoms with Gasteiger partial charge in [0.05, 0.1) is 30.0 Å². The molecule has 0 fully saturated rings. The molecular weight excluding hydrogens is 464 g/mol. The fraction of sp³-hybridized carbons (Fsp3) is 0.217. The molecule has 3 heterocycles. The molecule has 4 rings (SSSR count). The number of methoxy groups -OCH3 is 2. The van der Waals surface area contributed by atoms with Crippen LogP contribution in [-0.4, -0.2) is 30.7 Å². The lowest BCUT2D eigenvalue weighted by molar-refractivity contribution is -0.136. The first-order chi connectivity index (χ1) is 15.8. The molecule has 0 bridgehead atoms. The third kappa shape index (κ3) is 4.27. The van der Waals surface area contributed by atoms with Crippen LogP contribution in [0.25, 0.3) is 6.08 Å². The Bertz CT molecular complexity index is 1450. The summed E-state index contributed by atoms with van der Waals surface area (Å²) >= 11 is 2.68. The first kappa shape index (κ1) is 22.7. The minimum Gasteiger partial charge on any atom is -0.493 e. The van der Waals surface area contributed by atoms with E-state index in [4.69, 9.17) is 14.2 Å². The van der Waals surface area contributed by atoms with E-state index in [0.29, 0.717) is 37.7 Å². The fourth-order valence-electron chi connectivity index (χ4n) is 3.57. The Balaban J connectivity index is 1.88. The van der Waals surface area contributed by atoms with Gasteiger partial charge in [-0.2, -0.15) is 0 Å². The third-order valence-electron chi connectivity index (χ3n) is 4.98. The Morgan fingerprint density at radius 1 is 1.18 bits per heavy atom. The van der Waals surface area contributed by atoms with E-state index in [-0.39, 0.29) is 5.56 Å². The monoisotopic (exact) mass is 484 g/mol. The zero-order valence-corrected chi connectivity index (χ0v) is 19.9. The van der Waals surface area contributed by atoms with Crippen LogP contribution in [0.15, 0.2) is 56.8 Å². The summed E-state index contributed by atoms with van der Waals surface area (Å²) in [5, 5.41) is 1.90. The maximum absolute atomic E-state index is 13.5. The van der Waals surface area contributed by atoms with Crippen molar-refractivity contribution in [3.05, 3.63) is 77.1 Å². The van der Waals surface area contributed by atoms with Crippen LogP contribution in [0.4, 0.5) is 0 Å². The molecule has 0 aliphatic carbocycles. The number of aromatic nitrogens is 1. The second kappa shape index (κ2) is 9.16. The van der Waals surface area contributed by atoms with E-state index >= 15 is 0 Å². The van der Waals surface area contributed by atoms with Crippen molar-refractivity contribution in [3.8, 4) is 11.5 Å². The highest BCUT2D eigenvalue weighted by molar-refractivity contribution is 7.10. The molecule has 170 valence electrons. The van der Waals surface area contributed by atoms with E-state index in [1.165, 1.54) is 48.4 Å². The van der Waals surface area contributed by atoms with Crippen LogP contribution in [0.2, 0.25) is 0 Å². The summed E-state index contributed by atoms with van der Waals surface area (Å²) in [6.45, 7) is 3.05. The summed E-state index contributed by atoms with van der Waals surface area (Å²) in [6, 6.07) is 8.15. The van der Waals surface area contributed by atoms with Crippen molar-refractivity contribution < 1.29 is 23.8 Å². The lowest BCUT2D eigenvalue weighted by atomic mass is 10.0. The quantitative estimate of drug-likeness (QED) is 0.408. The predicted molar refractivity (Wildman–Crippen MR) is 124 cm³/mol. The van der Waals surface area contributed by atoms with Gasteiger partial charge in [-0.1, -0.05) is 23.5 Å². The number of thiazole rings is 1. The Morgan fingerprint density at radius 2 is 1.97 bits per heavy atom. The number of fused-ring (bicyclic) bond motifs is 1. The molecule has 0 N–H and O–H groups in total. The van der Waals surface area contributed by atoms with Gasteiger partial charge in [0, 0.05) is 11.8 Å². The van der Waals surface area contributed by atoms with Crippen LogP contribution < -0.4 is 24.4 Å². The maximum atomic E-state index is 13.5. The van der Waals surface area contributed by atoms with Crippen molar-refractivity contribution >= 4 is 40.7 Å². The zero-order valence-electron chi connectivity index (χ0n) is 18.3. The molecule has 3 aromatic rings. The number of allylic oxidation sites excluding steroid dienone is 1. The van der Waals surface area contributed by atoms with E-state index in [1.807, 2.05) is 17.5 Å². The Morgan fingerprint density at radius 3 is 2.61 bits per heavy atom. The summed E-state index contributed by atoms with van der Waals surface area (Å²) in [4.78, 5) is 43.2. The highest BCUT2D eigenvalue weighted by atomic mass is 32.1. The molecule has 1 atom stereocenters. The molecule has 1 aromatic carbocycles. The van der Waals surface area contributed by atoms with Gasteiger partial charge in [0.25, 0.3) is 5.56 Å². The zero-order chi connectivity index (χ0) is 23.7. The molecule has 1 unspecified atom stereocenters. The minimum atomic E-state index is -0.614. The number of nitrogens with zero attached hydrogens (tertiary/aromatic N) is 2. The van der Waals surface area contributed by atoms with Gasteiger partial charge in [0.15, 0.2) is 16.3 Å². The van der Waals surface area contributed by atoms with Gasteiger partial charge in [-0.15, -0.1) is 11.3 Å². The lowest BCUT2D eigenvalue weighted by Crippen LogP contribution is -2.39. The van der Waals surface area contributed by atoms with Gasteiger partial charge in [0.2, 0.25) is 0 Å². The molecule has 0 spiro atoms. The van der Waals surface area contributed by atoms with Crippen LogP contribution >= 0.6 is 22.7 Å². The highest BCUT2D eigenvalue weighted by Gasteiger charge is 2.33. The molecule has 0 saturated heterocycles. The smallest absolute Gasteiger partial charge is 0.338 e. The molecule has 33 heavy (non-hydrogen) atoms. The summed E-state index contributed by atoms with van der Waals surface area (Å²) in [6.07, 6.45) is 1.71. The van der Waals surface area contributed by atoms with Crippen LogP contribution in [0.5, 0.6) is 11.5 Å². The standard InChI is InChI=1S/C23H20N2O6S2/c1-12-19(22(28)30-4)20(17-6-5-9-32-17)25-21(27)18(33-23(25)24-12)11-14-7-8-15(31-13(2)26)16(10-14)29-3/h5-11,20H,1-4H3. The number of esters is 2. The van der Waals surface area contributed by atoms with Crippen LogP contribution in [-0.2, 0) is 14.3 Å². The Kier molecular flexibility index (Phi) is 6.30. The maximum Gasteiger partial charge on any atom is 0.338 e. The number of rotatable bonds is 5. The molecule has 10 heteroatoms. The molecule has 8 nitrogen and oxygen atoms in total. The largest absolute Gasteiger partial charge is 0.493 e. The Hall–Kier alpha value is -3.50. The molecule has 1 aliphatic rings. The van der Waals surface area contributed by atoms with Crippen molar-refractivity contribution in [3.63, 3.8) is 0 Å². The number of thiophene rings is 1. The van der Waals surface area contributed by atoms with Gasteiger partial charge >= 0.3 is 11.9 Å². The number of hydrogen-bond acceptors (Lipinski definition) is 9. The number of carbonyl (C=O) groups excluding carboxylic acids is 2. The number of hydrogen-bond donors (Lipinski definition) is 0. The van der Waals surface area contributed by atoms with Gasteiger partial charge in [-0.3, -0.25) is 14.2 Å². The predicted octanol–water partition coefficient (Wildman–Crippen LogP) is 2.40. The molecule has 1 aliphatic heterocycles. The first-order valence-electron chi connectivity index (χ1n) is 9.84. The lowest BCUT2D eigenvalue weighted by Gasteiger charge is -2.22. The van der Waals surface area contributed by atoms with Crippen LogP contribution in [0.1, 0.15) is 30.3 Å². The SMILES string of the molecule is COC(=O)C1=C(C)N=c2sc(=Cc3ccc(OC(C)=O)c(OC)c3)c(=O)n2C1c1cccs1. The number of ether oxygens (including phenoxy) is 3. The fourth-order valence-corrected chi connectivity index (χ4v) is 5.44. The summed E-state index contributed by atoms with van der Waals surface area (Å²) < 4.78 is 17.4. The second-order valence-corrected chi connectivity index (χ2v) is 9.08. The van der Waals surface area contributed by atoms with E-state index in [2.05, 4.69) is 4.99 Å². The van der Waals surface area contributed by atoms with E-state index in [0.717, 1.165) is 4.88 Å². The average molecular weight is 485 g/mol. The average Bonchev–Trinajstić information content (AvgIpc) is 3.42. The number of benzene rings is 1. The van der Waals surface area contributed by atoms with E-state index < -0.39 is 18.0 Å². The highest BCUT2D eigenvalue weighted by Crippen LogP contribution is 2.33. The van der Waals surface area contributed by atoms with Crippen molar-refractivity contribution in [1.82, 2.24) is 4.57 Å². The van der Waals surface area contributed by atoms with Crippen molar-refractivity contribution in [2.75, 3.05) is 14.2 Å². The van der Waals surface area contributed by atoms with Crippen molar-refractivity contribution in [2.45, 2.75) is 19.9 Å². The van der Waals surface area contributed by atoms with E-state index in [1.54, 1.807) is 31.2 Å². The minimum absolute atomic E-state index is 0.269. The second-order valence-electron chi connectivity index (χ2n) is 7.09. The van der Waals surface area contributed by atoms with Gasteiger partial charge < -0.3 is 14.2 Å². The first-order valence-corrected chi connectivity index (χ1v) is 11.5. The number of carbonyl (C=O) groups is 2. The summed E-state index contributed by atoms with van der Waals surface area (Å²) in [5.74, 6) is -0.318. The van der Waals surface area contributed by atoms with Gasteiger partial charge in [0.1, 0.15) is 6.04 Å². The van der Waals surface area contributed by atoms with Crippen molar-refractivity contribution in [2.24, 2.45) is 4.99 Å². The van der Waals surface area contributed by atoms with Crippen LogP contribution in [0, 0.1) is 0 Å². The van der Waals surface area contributed by atoms with Gasteiger partial charge in [-0.05, 0) is 42.1 Å². The molecule has 0 radical (unpaired) electrons. The molecule has 2 aromatic heterocycles. The normalized spacial score (nSPS) is 15.6. The molecule has 0 saturated carbocycles. The van der Waals surface area contributed by atoms with E-state index in [9.17, 15) is 14.4 Å². The summed E-state index contributed by atoms with van der Waals surface area (Å²) in [7, 11) is 2.78. The van der Waals surface area contributed by atoms with Crippen molar-refractivity contribution in [1.29, 1.82) is 0 Å². The Labute approximate surface area is 196 Å². The summed E-state index contributed by atoms with van der Waals surface area (Å²) in [5.41, 5.74) is 1.27. The molecular formula is C23H20N2O6S2. The molecule has 0 amide bonds. The van der Waals surface area contributed by atoms with Gasteiger partial charge in [-0.25, -0.2) is 9.79 Å².